The highest BCUT2D eigenvalue weighted by Gasteiger charge is 2.05. The third-order valence-electron chi connectivity index (χ3n) is 2.66. The SMILES string of the molecule is CCOC(=O)c1ccc(OCc2cccc(Br)c2)cc1. The van der Waals surface area contributed by atoms with Gasteiger partial charge in [-0.15, -0.1) is 0 Å². The molecule has 0 saturated heterocycles. The van der Waals surface area contributed by atoms with Crippen LogP contribution in [-0.2, 0) is 11.3 Å². The molecule has 4 heteroatoms. The molecule has 0 spiro atoms. The lowest BCUT2D eigenvalue weighted by Crippen LogP contribution is -2.04. The number of ether oxygens (including phenoxy) is 2. The molecular formula is C16H15BrO3. The van der Waals surface area contributed by atoms with Gasteiger partial charge in [0.1, 0.15) is 12.4 Å². The highest BCUT2D eigenvalue weighted by molar-refractivity contribution is 9.10. The fourth-order valence-electron chi connectivity index (χ4n) is 1.70. The highest BCUT2D eigenvalue weighted by Crippen LogP contribution is 2.17. The molecule has 0 atom stereocenters. The summed E-state index contributed by atoms with van der Waals surface area (Å²) in [7, 11) is 0. The van der Waals surface area contributed by atoms with Gasteiger partial charge < -0.3 is 9.47 Å². The Morgan fingerprint density at radius 1 is 1.15 bits per heavy atom. The normalized spacial score (nSPS) is 10.1. The molecule has 0 N–H and O–H groups in total. The topological polar surface area (TPSA) is 35.5 Å². The van der Waals surface area contributed by atoms with Gasteiger partial charge in [-0.3, -0.25) is 0 Å². The molecule has 0 amide bonds. The van der Waals surface area contributed by atoms with Crippen LogP contribution in [0.25, 0.3) is 0 Å². The Morgan fingerprint density at radius 3 is 2.55 bits per heavy atom. The summed E-state index contributed by atoms with van der Waals surface area (Å²) in [5.74, 6) is 0.407. The Morgan fingerprint density at radius 2 is 1.90 bits per heavy atom. The fraction of sp³-hybridized carbons (Fsp3) is 0.188. The van der Waals surface area contributed by atoms with Crippen LogP contribution in [0.2, 0.25) is 0 Å². The van der Waals surface area contributed by atoms with Gasteiger partial charge in [-0.1, -0.05) is 28.1 Å². The van der Waals surface area contributed by atoms with Crippen LogP contribution in [0.4, 0.5) is 0 Å². The predicted molar refractivity (Wildman–Crippen MR) is 80.9 cm³/mol. The summed E-state index contributed by atoms with van der Waals surface area (Å²) >= 11 is 3.42. The summed E-state index contributed by atoms with van der Waals surface area (Å²) < 4.78 is 11.6. The number of carbonyl (C=O) groups is 1. The number of halogens is 1. The molecule has 104 valence electrons. The standard InChI is InChI=1S/C16H15BrO3/c1-2-19-16(18)13-6-8-15(9-7-13)20-11-12-4-3-5-14(17)10-12/h3-10H,2,11H2,1H3. The second kappa shape index (κ2) is 7.10. The van der Waals surface area contributed by atoms with E-state index in [1.165, 1.54) is 0 Å². The number of esters is 1. The summed E-state index contributed by atoms with van der Waals surface area (Å²) in [4.78, 5) is 11.5. The third-order valence-corrected chi connectivity index (χ3v) is 3.15. The maximum atomic E-state index is 11.5. The smallest absolute Gasteiger partial charge is 0.338 e. The first-order chi connectivity index (χ1) is 9.69. The zero-order valence-electron chi connectivity index (χ0n) is 11.1. The molecule has 2 aromatic rings. The summed E-state index contributed by atoms with van der Waals surface area (Å²) in [6.45, 7) is 2.64. The van der Waals surface area contributed by atoms with Gasteiger partial charge in [0, 0.05) is 4.47 Å². The van der Waals surface area contributed by atoms with Crippen molar-refractivity contribution in [2.24, 2.45) is 0 Å². The molecule has 0 aliphatic carbocycles. The third kappa shape index (κ3) is 4.10. The van der Waals surface area contributed by atoms with Crippen LogP contribution in [0, 0.1) is 0 Å². The lowest BCUT2D eigenvalue weighted by molar-refractivity contribution is 0.0526. The van der Waals surface area contributed by atoms with Crippen LogP contribution in [0.1, 0.15) is 22.8 Å². The molecule has 2 aromatic carbocycles. The summed E-state index contributed by atoms with van der Waals surface area (Å²) in [6, 6.07) is 14.9. The van der Waals surface area contributed by atoms with Crippen molar-refractivity contribution in [2.45, 2.75) is 13.5 Å². The Hall–Kier alpha value is -1.81. The quantitative estimate of drug-likeness (QED) is 0.768. The van der Waals surface area contributed by atoms with Crippen molar-refractivity contribution < 1.29 is 14.3 Å². The number of benzene rings is 2. The first-order valence-corrected chi connectivity index (χ1v) is 7.13. The van der Waals surface area contributed by atoms with E-state index in [1.54, 1.807) is 31.2 Å². The van der Waals surface area contributed by atoms with Crippen molar-refractivity contribution in [3.63, 3.8) is 0 Å². The van der Waals surface area contributed by atoms with E-state index >= 15 is 0 Å². The zero-order valence-corrected chi connectivity index (χ0v) is 12.7. The van der Waals surface area contributed by atoms with Crippen LogP contribution in [0.5, 0.6) is 5.75 Å². The van der Waals surface area contributed by atoms with Gasteiger partial charge in [0.15, 0.2) is 0 Å². The molecule has 0 saturated carbocycles. The molecule has 0 bridgehead atoms. The molecule has 0 aromatic heterocycles. The van der Waals surface area contributed by atoms with Crippen LogP contribution >= 0.6 is 15.9 Å². The lowest BCUT2D eigenvalue weighted by Gasteiger charge is -2.07. The van der Waals surface area contributed by atoms with Crippen molar-refractivity contribution in [3.05, 3.63) is 64.1 Å². The second-order valence-corrected chi connectivity index (χ2v) is 5.08. The van der Waals surface area contributed by atoms with Crippen molar-refractivity contribution in [1.82, 2.24) is 0 Å². The maximum absolute atomic E-state index is 11.5. The Bertz CT molecular complexity index is 579. The van der Waals surface area contributed by atoms with E-state index in [0.717, 1.165) is 15.8 Å². The average molecular weight is 335 g/mol. The monoisotopic (exact) mass is 334 g/mol. The largest absolute Gasteiger partial charge is 0.489 e. The van der Waals surface area contributed by atoms with Crippen molar-refractivity contribution in [3.8, 4) is 5.75 Å². The molecule has 0 unspecified atom stereocenters. The molecule has 0 radical (unpaired) electrons. The number of carbonyl (C=O) groups excluding carboxylic acids is 1. The van der Waals surface area contributed by atoms with Crippen molar-refractivity contribution in [2.75, 3.05) is 6.61 Å². The van der Waals surface area contributed by atoms with E-state index in [0.29, 0.717) is 18.8 Å². The van der Waals surface area contributed by atoms with Gasteiger partial charge in [0.2, 0.25) is 0 Å². The maximum Gasteiger partial charge on any atom is 0.338 e. The van der Waals surface area contributed by atoms with Gasteiger partial charge in [-0.2, -0.15) is 0 Å². The predicted octanol–water partition coefficient (Wildman–Crippen LogP) is 4.20. The molecule has 0 fully saturated rings. The Labute approximate surface area is 126 Å². The van der Waals surface area contributed by atoms with E-state index < -0.39 is 0 Å². The van der Waals surface area contributed by atoms with Crippen LogP contribution in [-0.4, -0.2) is 12.6 Å². The van der Waals surface area contributed by atoms with Crippen LogP contribution < -0.4 is 4.74 Å². The molecule has 0 aliphatic heterocycles. The van der Waals surface area contributed by atoms with Gasteiger partial charge in [0.25, 0.3) is 0 Å². The lowest BCUT2D eigenvalue weighted by atomic mass is 10.2. The van der Waals surface area contributed by atoms with E-state index in [9.17, 15) is 4.79 Å². The van der Waals surface area contributed by atoms with E-state index in [1.807, 2.05) is 24.3 Å². The van der Waals surface area contributed by atoms with E-state index in [2.05, 4.69) is 15.9 Å². The van der Waals surface area contributed by atoms with Gasteiger partial charge >= 0.3 is 5.97 Å². The minimum atomic E-state index is -0.314. The molecule has 2 rings (SSSR count). The Balaban J connectivity index is 1.95. The van der Waals surface area contributed by atoms with Gasteiger partial charge in [0.05, 0.1) is 12.2 Å². The first-order valence-electron chi connectivity index (χ1n) is 6.33. The van der Waals surface area contributed by atoms with E-state index in [-0.39, 0.29) is 5.97 Å². The van der Waals surface area contributed by atoms with Gasteiger partial charge in [-0.25, -0.2) is 4.79 Å². The molecule has 0 heterocycles. The average Bonchev–Trinajstić information content (AvgIpc) is 2.46. The minimum absolute atomic E-state index is 0.314. The zero-order chi connectivity index (χ0) is 14.4. The van der Waals surface area contributed by atoms with Crippen LogP contribution in [0.15, 0.2) is 53.0 Å². The van der Waals surface area contributed by atoms with Crippen LogP contribution in [0.3, 0.4) is 0 Å². The van der Waals surface area contributed by atoms with Crippen molar-refractivity contribution in [1.29, 1.82) is 0 Å². The number of rotatable bonds is 5. The summed E-state index contributed by atoms with van der Waals surface area (Å²) in [6.07, 6.45) is 0. The first kappa shape index (κ1) is 14.6. The molecule has 20 heavy (non-hydrogen) atoms. The second-order valence-electron chi connectivity index (χ2n) is 4.16. The molecule has 0 aliphatic rings. The number of hydrogen-bond acceptors (Lipinski definition) is 3. The van der Waals surface area contributed by atoms with Crippen molar-refractivity contribution >= 4 is 21.9 Å². The summed E-state index contributed by atoms with van der Waals surface area (Å²) in [5, 5.41) is 0. The molecular weight excluding hydrogens is 320 g/mol. The minimum Gasteiger partial charge on any atom is -0.489 e. The summed E-state index contributed by atoms with van der Waals surface area (Å²) in [5.41, 5.74) is 1.61. The number of hydrogen-bond donors (Lipinski definition) is 0. The van der Waals surface area contributed by atoms with Gasteiger partial charge in [-0.05, 0) is 48.9 Å². The highest BCUT2D eigenvalue weighted by atomic mass is 79.9. The molecule has 3 nitrogen and oxygen atoms in total. The Kier molecular flexibility index (Phi) is 5.18. The fourth-order valence-corrected chi connectivity index (χ4v) is 2.14. The van der Waals surface area contributed by atoms with E-state index in [4.69, 9.17) is 9.47 Å².